The van der Waals surface area contributed by atoms with E-state index in [1.54, 1.807) is 23.1 Å². The fraction of sp³-hybridized carbons (Fsp3) is 0.333. The van der Waals surface area contributed by atoms with E-state index in [1.165, 1.54) is 0 Å². The lowest BCUT2D eigenvalue weighted by Gasteiger charge is -2.02. The van der Waals surface area contributed by atoms with Gasteiger partial charge in [0.05, 0.1) is 5.69 Å². The number of hydrogen-bond acceptors (Lipinski definition) is 5. The first-order chi connectivity index (χ1) is 8.34. The second kappa shape index (κ2) is 6.74. The largest absolute Gasteiger partial charge is 0.310 e. The summed E-state index contributed by atoms with van der Waals surface area (Å²) in [5, 5.41) is 5.46. The van der Waals surface area contributed by atoms with Gasteiger partial charge in [0.2, 0.25) is 0 Å². The molecule has 0 amide bonds. The van der Waals surface area contributed by atoms with Gasteiger partial charge >= 0.3 is 0 Å². The summed E-state index contributed by atoms with van der Waals surface area (Å²) in [7, 11) is 0. The predicted molar refractivity (Wildman–Crippen MR) is 73.5 cm³/mol. The van der Waals surface area contributed by atoms with Gasteiger partial charge in [0.25, 0.3) is 0 Å². The van der Waals surface area contributed by atoms with Crippen LogP contribution in [0.3, 0.4) is 0 Å². The SMILES string of the molecule is Cc1csc(SCCNCc2ccccn2)n1. The summed E-state index contributed by atoms with van der Waals surface area (Å²) in [6.45, 7) is 3.83. The van der Waals surface area contributed by atoms with Crippen LogP contribution < -0.4 is 5.32 Å². The van der Waals surface area contributed by atoms with Crippen molar-refractivity contribution in [2.75, 3.05) is 12.3 Å². The summed E-state index contributed by atoms with van der Waals surface area (Å²) in [6.07, 6.45) is 1.82. The Morgan fingerprint density at radius 3 is 3.06 bits per heavy atom. The molecule has 2 aromatic heterocycles. The Balaban J connectivity index is 1.61. The zero-order valence-electron chi connectivity index (χ0n) is 9.72. The molecule has 0 spiro atoms. The second-order valence-electron chi connectivity index (χ2n) is 3.60. The number of nitrogens with zero attached hydrogens (tertiary/aromatic N) is 2. The zero-order valence-corrected chi connectivity index (χ0v) is 11.4. The molecule has 0 fully saturated rings. The van der Waals surface area contributed by atoms with Crippen molar-refractivity contribution < 1.29 is 0 Å². The Labute approximate surface area is 110 Å². The highest BCUT2D eigenvalue weighted by atomic mass is 32.2. The minimum atomic E-state index is 0.832. The van der Waals surface area contributed by atoms with E-state index in [4.69, 9.17) is 0 Å². The van der Waals surface area contributed by atoms with Crippen LogP contribution in [0.2, 0.25) is 0 Å². The topological polar surface area (TPSA) is 37.8 Å². The molecule has 2 rings (SSSR count). The summed E-state index contributed by atoms with van der Waals surface area (Å²) in [6, 6.07) is 5.98. The van der Waals surface area contributed by atoms with Gasteiger partial charge in [-0.1, -0.05) is 17.8 Å². The summed E-state index contributed by atoms with van der Waals surface area (Å²) in [4.78, 5) is 8.67. The van der Waals surface area contributed by atoms with E-state index in [-0.39, 0.29) is 0 Å². The average molecular weight is 265 g/mol. The first kappa shape index (κ1) is 12.5. The molecule has 0 unspecified atom stereocenters. The standard InChI is InChI=1S/C12H15N3S2/c1-10-9-17-12(15-10)16-7-6-13-8-11-4-2-3-5-14-11/h2-5,9,13H,6-8H2,1H3. The first-order valence-electron chi connectivity index (χ1n) is 5.50. The Bertz CT molecular complexity index is 442. The number of rotatable bonds is 6. The Hall–Kier alpha value is -0.910. The average Bonchev–Trinajstić information content (AvgIpc) is 2.76. The third-order valence-electron chi connectivity index (χ3n) is 2.13. The van der Waals surface area contributed by atoms with Crippen LogP contribution in [0.15, 0.2) is 34.1 Å². The maximum Gasteiger partial charge on any atom is 0.150 e. The molecule has 0 aliphatic heterocycles. The van der Waals surface area contributed by atoms with Gasteiger partial charge in [0, 0.05) is 36.1 Å². The highest BCUT2D eigenvalue weighted by Crippen LogP contribution is 2.21. The lowest BCUT2D eigenvalue weighted by molar-refractivity contribution is 0.715. The molecule has 2 heterocycles. The Morgan fingerprint density at radius 2 is 2.35 bits per heavy atom. The fourth-order valence-electron chi connectivity index (χ4n) is 1.33. The van der Waals surface area contributed by atoms with E-state index < -0.39 is 0 Å². The van der Waals surface area contributed by atoms with Gasteiger partial charge in [0.1, 0.15) is 4.34 Å². The zero-order chi connectivity index (χ0) is 11.9. The number of pyridine rings is 1. The molecule has 90 valence electrons. The van der Waals surface area contributed by atoms with Crippen LogP contribution in [0.1, 0.15) is 11.4 Å². The summed E-state index contributed by atoms with van der Waals surface area (Å²) in [5.41, 5.74) is 2.20. The maximum absolute atomic E-state index is 4.41. The van der Waals surface area contributed by atoms with Crippen molar-refractivity contribution >= 4 is 23.1 Å². The minimum Gasteiger partial charge on any atom is -0.310 e. The molecular weight excluding hydrogens is 250 g/mol. The third kappa shape index (κ3) is 4.46. The smallest absolute Gasteiger partial charge is 0.150 e. The monoisotopic (exact) mass is 265 g/mol. The number of thiazole rings is 1. The Morgan fingerprint density at radius 1 is 1.41 bits per heavy atom. The van der Waals surface area contributed by atoms with Crippen LogP contribution in [-0.4, -0.2) is 22.3 Å². The molecule has 0 bridgehead atoms. The number of hydrogen-bond donors (Lipinski definition) is 1. The normalized spacial score (nSPS) is 10.6. The maximum atomic E-state index is 4.41. The van der Waals surface area contributed by atoms with Crippen molar-refractivity contribution in [3.05, 3.63) is 41.2 Å². The minimum absolute atomic E-state index is 0.832. The lowest BCUT2D eigenvalue weighted by Crippen LogP contribution is -2.17. The first-order valence-corrected chi connectivity index (χ1v) is 7.36. The number of aryl methyl sites for hydroxylation is 1. The lowest BCUT2D eigenvalue weighted by atomic mass is 10.3. The van der Waals surface area contributed by atoms with Gasteiger partial charge in [-0.05, 0) is 19.1 Å². The van der Waals surface area contributed by atoms with Crippen molar-refractivity contribution in [3.63, 3.8) is 0 Å². The summed E-state index contributed by atoms with van der Waals surface area (Å²) in [5.74, 6) is 1.04. The molecule has 0 atom stereocenters. The molecule has 0 saturated heterocycles. The molecule has 3 nitrogen and oxygen atoms in total. The molecule has 0 saturated carbocycles. The van der Waals surface area contributed by atoms with Crippen LogP contribution in [0.25, 0.3) is 0 Å². The van der Waals surface area contributed by atoms with E-state index in [9.17, 15) is 0 Å². The van der Waals surface area contributed by atoms with Crippen molar-refractivity contribution in [2.24, 2.45) is 0 Å². The van der Waals surface area contributed by atoms with Gasteiger partial charge in [-0.15, -0.1) is 11.3 Å². The second-order valence-corrected chi connectivity index (χ2v) is 5.80. The van der Waals surface area contributed by atoms with E-state index in [0.717, 1.165) is 34.6 Å². The van der Waals surface area contributed by atoms with Crippen molar-refractivity contribution in [3.8, 4) is 0 Å². The van der Waals surface area contributed by atoms with Crippen molar-refractivity contribution in [1.29, 1.82) is 0 Å². The van der Waals surface area contributed by atoms with Crippen molar-refractivity contribution in [2.45, 2.75) is 17.8 Å². The van der Waals surface area contributed by atoms with E-state index in [1.807, 2.05) is 31.3 Å². The molecule has 1 N–H and O–H groups in total. The van der Waals surface area contributed by atoms with Crippen molar-refractivity contribution in [1.82, 2.24) is 15.3 Å². The van der Waals surface area contributed by atoms with Crippen LogP contribution in [0, 0.1) is 6.92 Å². The van der Waals surface area contributed by atoms with Crippen LogP contribution in [0.4, 0.5) is 0 Å². The number of nitrogens with one attached hydrogen (secondary N) is 1. The third-order valence-corrected chi connectivity index (χ3v) is 4.28. The fourth-order valence-corrected chi connectivity index (χ4v) is 3.15. The number of thioether (sulfide) groups is 1. The molecule has 0 aromatic carbocycles. The number of aromatic nitrogens is 2. The molecule has 0 aliphatic rings. The molecule has 0 radical (unpaired) electrons. The predicted octanol–water partition coefficient (Wildman–Crippen LogP) is 2.73. The quantitative estimate of drug-likeness (QED) is 0.644. The Kier molecular flexibility index (Phi) is 4.97. The van der Waals surface area contributed by atoms with Gasteiger partial charge in [0.15, 0.2) is 0 Å². The molecule has 0 aliphatic carbocycles. The highest BCUT2D eigenvalue weighted by molar-refractivity contribution is 8.01. The van der Waals surface area contributed by atoms with E-state index in [0.29, 0.717) is 0 Å². The molecule has 17 heavy (non-hydrogen) atoms. The van der Waals surface area contributed by atoms with Crippen LogP contribution >= 0.6 is 23.1 Å². The van der Waals surface area contributed by atoms with Gasteiger partial charge < -0.3 is 5.32 Å². The summed E-state index contributed by atoms with van der Waals surface area (Å²) < 4.78 is 1.15. The van der Waals surface area contributed by atoms with Gasteiger partial charge in [-0.25, -0.2) is 4.98 Å². The van der Waals surface area contributed by atoms with Crippen LogP contribution in [0.5, 0.6) is 0 Å². The van der Waals surface area contributed by atoms with Gasteiger partial charge in [-0.3, -0.25) is 4.98 Å². The van der Waals surface area contributed by atoms with E-state index in [2.05, 4.69) is 20.7 Å². The molecular formula is C12H15N3S2. The highest BCUT2D eigenvalue weighted by Gasteiger charge is 1.98. The van der Waals surface area contributed by atoms with E-state index >= 15 is 0 Å². The van der Waals surface area contributed by atoms with Crippen LogP contribution in [-0.2, 0) is 6.54 Å². The molecule has 5 heteroatoms. The molecule has 2 aromatic rings. The summed E-state index contributed by atoms with van der Waals surface area (Å²) >= 11 is 3.52. The van der Waals surface area contributed by atoms with Gasteiger partial charge in [-0.2, -0.15) is 0 Å².